The summed E-state index contributed by atoms with van der Waals surface area (Å²) in [5, 5.41) is 5.60. The lowest BCUT2D eigenvalue weighted by Crippen LogP contribution is -2.42. The minimum absolute atomic E-state index is 0.125. The molecule has 0 fully saturated rings. The molecule has 2 N–H and O–H groups in total. The van der Waals surface area contributed by atoms with Crippen molar-refractivity contribution in [3.8, 4) is 0 Å². The van der Waals surface area contributed by atoms with Gasteiger partial charge >= 0.3 is 0 Å². The Morgan fingerprint density at radius 1 is 1.14 bits per heavy atom. The molecule has 5 heteroatoms. The summed E-state index contributed by atoms with van der Waals surface area (Å²) < 4.78 is 0. The molecular formula is C17H27N3O2. The van der Waals surface area contributed by atoms with Crippen LogP contribution in [0.25, 0.3) is 0 Å². The maximum absolute atomic E-state index is 12.2. The van der Waals surface area contributed by atoms with Gasteiger partial charge in [-0.25, -0.2) is 0 Å². The zero-order valence-electron chi connectivity index (χ0n) is 14.1. The molecule has 0 atom stereocenters. The minimum Gasteiger partial charge on any atom is -0.351 e. The molecular weight excluding hydrogens is 278 g/mol. The van der Waals surface area contributed by atoms with Gasteiger partial charge in [-0.1, -0.05) is 6.07 Å². The molecule has 2 amide bonds. The third-order valence-electron chi connectivity index (χ3n) is 3.43. The second kappa shape index (κ2) is 8.54. The van der Waals surface area contributed by atoms with Gasteiger partial charge in [0.25, 0.3) is 5.91 Å². The molecule has 0 saturated carbocycles. The molecule has 22 heavy (non-hydrogen) atoms. The first-order valence-corrected chi connectivity index (χ1v) is 7.73. The van der Waals surface area contributed by atoms with Gasteiger partial charge in [0, 0.05) is 43.3 Å². The van der Waals surface area contributed by atoms with E-state index in [1.807, 2.05) is 0 Å². The number of rotatable bonds is 7. The fourth-order valence-corrected chi connectivity index (χ4v) is 2.45. The van der Waals surface area contributed by atoms with Crippen LogP contribution in [0.15, 0.2) is 24.3 Å². The van der Waals surface area contributed by atoms with Gasteiger partial charge in [-0.2, -0.15) is 0 Å². The lowest BCUT2D eigenvalue weighted by Gasteiger charge is -2.30. The minimum atomic E-state index is -0.151. The summed E-state index contributed by atoms with van der Waals surface area (Å²) in [5.41, 5.74) is 1.18. The van der Waals surface area contributed by atoms with Crippen LogP contribution >= 0.6 is 0 Å². The van der Waals surface area contributed by atoms with Gasteiger partial charge in [0.15, 0.2) is 0 Å². The molecule has 1 aromatic carbocycles. The topological polar surface area (TPSA) is 61.4 Å². The van der Waals surface area contributed by atoms with Crippen LogP contribution in [0.2, 0.25) is 0 Å². The highest BCUT2D eigenvalue weighted by molar-refractivity contribution is 5.96. The van der Waals surface area contributed by atoms with E-state index in [0.717, 1.165) is 6.54 Å². The first kappa shape index (κ1) is 18.2. The van der Waals surface area contributed by atoms with Crippen molar-refractivity contribution in [2.75, 3.05) is 18.4 Å². The molecule has 0 aromatic heterocycles. The van der Waals surface area contributed by atoms with Crippen LogP contribution in [0, 0.1) is 0 Å². The van der Waals surface area contributed by atoms with Crippen LogP contribution in [0.3, 0.4) is 0 Å². The molecule has 0 heterocycles. The van der Waals surface area contributed by atoms with Crippen LogP contribution in [0.4, 0.5) is 5.69 Å². The average Bonchev–Trinajstić information content (AvgIpc) is 2.42. The Bertz CT molecular complexity index is 504. The van der Waals surface area contributed by atoms with E-state index in [1.54, 1.807) is 24.3 Å². The molecule has 0 spiro atoms. The summed E-state index contributed by atoms with van der Waals surface area (Å²) in [6.07, 6.45) is 0. The van der Waals surface area contributed by atoms with E-state index in [1.165, 1.54) is 6.92 Å². The first-order chi connectivity index (χ1) is 10.3. The Kier molecular flexibility index (Phi) is 7.05. The molecule has 0 aliphatic carbocycles. The number of nitrogens with zero attached hydrogens (tertiary/aromatic N) is 1. The molecule has 0 saturated heterocycles. The van der Waals surface area contributed by atoms with Gasteiger partial charge in [0.05, 0.1) is 0 Å². The van der Waals surface area contributed by atoms with E-state index < -0.39 is 0 Å². The number of hydrogen-bond acceptors (Lipinski definition) is 3. The van der Waals surface area contributed by atoms with Gasteiger partial charge in [0.1, 0.15) is 0 Å². The van der Waals surface area contributed by atoms with Crippen molar-refractivity contribution >= 4 is 17.5 Å². The SMILES string of the molecule is CC(=O)Nc1cccc(C(=O)NCCN(C(C)C)C(C)C)c1. The summed E-state index contributed by atoms with van der Waals surface area (Å²) in [4.78, 5) is 25.5. The zero-order valence-corrected chi connectivity index (χ0v) is 14.1. The monoisotopic (exact) mass is 305 g/mol. The second-order valence-electron chi connectivity index (χ2n) is 5.94. The maximum Gasteiger partial charge on any atom is 0.251 e. The number of nitrogens with one attached hydrogen (secondary N) is 2. The number of carbonyl (C=O) groups excluding carboxylic acids is 2. The van der Waals surface area contributed by atoms with Crippen LogP contribution in [0.1, 0.15) is 45.0 Å². The predicted octanol–water partition coefficient (Wildman–Crippen LogP) is 2.49. The quantitative estimate of drug-likeness (QED) is 0.813. The number of amides is 2. The van der Waals surface area contributed by atoms with E-state index in [-0.39, 0.29) is 11.8 Å². The van der Waals surface area contributed by atoms with E-state index in [4.69, 9.17) is 0 Å². The predicted molar refractivity (Wildman–Crippen MR) is 90.1 cm³/mol. The van der Waals surface area contributed by atoms with Crippen molar-refractivity contribution in [1.29, 1.82) is 0 Å². The lowest BCUT2D eigenvalue weighted by molar-refractivity contribution is -0.114. The molecule has 1 aromatic rings. The molecule has 122 valence electrons. The van der Waals surface area contributed by atoms with Crippen molar-refractivity contribution in [3.05, 3.63) is 29.8 Å². The molecule has 0 unspecified atom stereocenters. The van der Waals surface area contributed by atoms with E-state index in [0.29, 0.717) is 29.9 Å². The summed E-state index contributed by atoms with van der Waals surface area (Å²) in [6.45, 7) is 11.5. The highest BCUT2D eigenvalue weighted by Crippen LogP contribution is 2.10. The van der Waals surface area contributed by atoms with E-state index >= 15 is 0 Å². The fourth-order valence-electron chi connectivity index (χ4n) is 2.45. The number of benzene rings is 1. The van der Waals surface area contributed by atoms with Gasteiger partial charge in [0.2, 0.25) is 5.91 Å². The van der Waals surface area contributed by atoms with Crippen molar-refractivity contribution < 1.29 is 9.59 Å². The normalized spacial score (nSPS) is 11.1. The van der Waals surface area contributed by atoms with Crippen molar-refractivity contribution in [3.63, 3.8) is 0 Å². The van der Waals surface area contributed by atoms with Gasteiger partial charge < -0.3 is 10.6 Å². The second-order valence-corrected chi connectivity index (χ2v) is 5.94. The first-order valence-electron chi connectivity index (χ1n) is 7.73. The zero-order chi connectivity index (χ0) is 16.7. The van der Waals surface area contributed by atoms with Gasteiger partial charge in [-0.05, 0) is 45.9 Å². The Morgan fingerprint density at radius 3 is 2.32 bits per heavy atom. The van der Waals surface area contributed by atoms with Gasteiger partial charge in [-0.15, -0.1) is 0 Å². The van der Waals surface area contributed by atoms with E-state index in [9.17, 15) is 9.59 Å². The number of hydrogen-bond donors (Lipinski definition) is 2. The standard InChI is InChI=1S/C17H27N3O2/c1-12(2)20(13(3)4)10-9-18-17(22)15-7-6-8-16(11-15)19-14(5)21/h6-8,11-13H,9-10H2,1-5H3,(H,18,22)(H,19,21). The molecule has 0 bridgehead atoms. The Morgan fingerprint density at radius 2 is 1.77 bits per heavy atom. The Labute approximate surface area is 133 Å². The van der Waals surface area contributed by atoms with Gasteiger partial charge in [-0.3, -0.25) is 14.5 Å². The molecule has 1 rings (SSSR count). The summed E-state index contributed by atoms with van der Waals surface area (Å²) in [5.74, 6) is -0.276. The van der Waals surface area contributed by atoms with Crippen molar-refractivity contribution in [2.24, 2.45) is 0 Å². The lowest BCUT2D eigenvalue weighted by atomic mass is 10.2. The highest BCUT2D eigenvalue weighted by Gasteiger charge is 2.13. The van der Waals surface area contributed by atoms with Crippen LogP contribution < -0.4 is 10.6 Å². The third-order valence-corrected chi connectivity index (χ3v) is 3.43. The smallest absolute Gasteiger partial charge is 0.251 e. The fraction of sp³-hybridized carbons (Fsp3) is 0.529. The van der Waals surface area contributed by atoms with Crippen molar-refractivity contribution in [2.45, 2.75) is 46.7 Å². The average molecular weight is 305 g/mol. The Balaban J connectivity index is 2.57. The van der Waals surface area contributed by atoms with Crippen LogP contribution in [0.5, 0.6) is 0 Å². The van der Waals surface area contributed by atoms with Crippen LogP contribution in [-0.2, 0) is 4.79 Å². The maximum atomic E-state index is 12.2. The largest absolute Gasteiger partial charge is 0.351 e. The number of anilines is 1. The third kappa shape index (κ3) is 5.85. The number of carbonyl (C=O) groups is 2. The summed E-state index contributed by atoms with van der Waals surface area (Å²) in [7, 11) is 0. The van der Waals surface area contributed by atoms with E-state index in [2.05, 4.69) is 43.2 Å². The summed E-state index contributed by atoms with van der Waals surface area (Å²) >= 11 is 0. The summed E-state index contributed by atoms with van der Waals surface area (Å²) in [6, 6.07) is 7.83. The molecule has 0 aliphatic rings. The molecule has 0 radical (unpaired) electrons. The highest BCUT2D eigenvalue weighted by atomic mass is 16.2. The van der Waals surface area contributed by atoms with Crippen LogP contribution in [-0.4, -0.2) is 41.9 Å². The van der Waals surface area contributed by atoms with Crippen molar-refractivity contribution in [1.82, 2.24) is 10.2 Å². The Hall–Kier alpha value is -1.88. The molecule has 0 aliphatic heterocycles. The molecule has 5 nitrogen and oxygen atoms in total.